The summed E-state index contributed by atoms with van der Waals surface area (Å²) in [6, 6.07) is 9.79. The van der Waals surface area contributed by atoms with E-state index in [1.54, 1.807) is 0 Å². The number of para-hydroxylation sites is 1. The highest BCUT2D eigenvalue weighted by Gasteiger charge is 2.25. The van der Waals surface area contributed by atoms with E-state index in [0.717, 1.165) is 31.5 Å². The normalized spacial score (nSPS) is 21.8. The maximum atomic E-state index is 12.5. The molecule has 2 unspecified atom stereocenters. The highest BCUT2D eigenvalue weighted by molar-refractivity contribution is 5.94. The molecule has 0 aromatic heterocycles. The van der Waals surface area contributed by atoms with E-state index < -0.39 is 0 Å². The Labute approximate surface area is 133 Å². The average Bonchev–Trinajstić information content (AvgIpc) is 2.51. The molecule has 0 radical (unpaired) electrons. The SMILES string of the molecule is CCN(C(=O)CN(C)CC1CCCCC1O)c1ccccc1. The summed E-state index contributed by atoms with van der Waals surface area (Å²) in [5.41, 5.74) is 0.945. The summed E-state index contributed by atoms with van der Waals surface area (Å²) in [5.74, 6) is 0.417. The number of benzene rings is 1. The number of aliphatic hydroxyl groups is 1. The van der Waals surface area contributed by atoms with Crippen molar-refractivity contribution in [2.75, 3.05) is 31.6 Å². The molecule has 1 aromatic carbocycles. The summed E-state index contributed by atoms with van der Waals surface area (Å²) in [5, 5.41) is 10.1. The lowest BCUT2D eigenvalue weighted by Gasteiger charge is -2.32. The third kappa shape index (κ3) is 4.55. The summed E-state index contributed by atoms with van der Waals surface area (Å²) >= 11 is 0. The largest absolute Gasteiger partial charge is 0.393 e. The lowest BCUT2D eigenvalue weighted by molar-refractivity contribution is -0.119. The quantitative estimate of drug-likeness (QED) is 0.878. The Morgan fingerprint density at radius 2 is 1.91 bits per heavy atom. The van der Waals surface area contributed by atoms with E-state index in [0.29, 0.717) is 19.0 Å². The van der Waals surface area contributed by atoms with Gasteiger partial charge in [-0.25, -0.2) is 0 Å². The zero-order chi connectivity index (χ0) is 15.9. The number of nitrogens with zero attached hydrogens (tertiary/aromatic N) is 2. The van der Waals surface area contributed by atoms with E-state index in [4.69, 9.17) is 0 Å². The Hall–Kier alpha value is -1.39. The minimum Gasteiger partial charge on any atom is -0.393 e. The first kappa shape index (κ1) is 17.0. The number of aliphatic hydroxyl groups excluding tert-OH is 1. The third-order valence-electron chi connectivity index (χ3n) is 4.51. The van der Waals surface area contributed by atoms with Crippen molar-refractivity contribution in [2.45, 2.75) is 38.7 Å². The van der Waals surface area contributed by atoms with Gasteiger partial charge in [0.15, 0.2) is 0 Å². The third-order valence-corrected chi connectivity index (χ3v) is 4.51. The summed E-state index contributed by atoms with van der Waals surface area (Å²) in [4.78, 5) is 16.4. The first-order valence-corrected chi connectivity index (χ1v) is 8.33. The van der Waals surface area contributed by atoms with Crippen molar-refractivity contribution in [1.29, 1.82) is 0 Å². The second kappa shape index (κ2) is 8.30. The molecular weight excluding hydrogens is 276 g/mol. The molecule has 1 amide bonds. The van der Waals surface area contributed by atoms with Crippen molar-refractivity contribution in [3.63, 3.8) is 0 Å². The topological polar surface area (TPSA) is 43.8 Å². The molecule has 1 aromatic rings. The van der Waals surface area contributed by atoms with Gasteiger partial charge in [-0.15, -0.1) is 0 Å². The Kier molecular flexibility index (Phi) is 6.40. The van der Waals surface area contributed by atoms with Crippen LogP contribution in [0.1, 0.15) is 32.6 Å². The molecule has 0 bridgehead atoms. The maximum Gasteiger partial charge on any atom is 0.241 e. The smallest absolute Gasteiger partial charge is 0.241 e. The fraction of sp³-hybridized carbons (Fsp3) is 0.611. The van der Waals surface area contributed by atoms with Gasteiger partial charge in [-0.3, -0.25) is 9.69 Å². The van der Waals surface area contributed by atoms with Crippen LogP contribution in [0.3, 0.4) is 0 Å². The minimum absolute atomic E-state index is 0.112. The van der Waals surface area contributed by atoms with Crippen LogP contribution in [0.5, 0.6) is 0 Å². The lowest BCUT2D eigenvalue weighted by atomic mass is 9.86. The summed E-state index contributed by atoms with van der Waals surface area (Å²) in [6.07, 6.45) is 4.07. The van der Waals surface area contributed by atoms with Crippen molar-refractivity contribution in [3.8, 4) is 0 Å². The van der Waals surface area contributed by atoms with Gasteiger partial charge in [0, 0.05) is 18.8 Å². The second-order valence-corrected chi connectivity index (χ2v) is 6.28. The first-order chi connectivity index (χ1) is 10.6. The van der Waals surface area contributed by atoms with Gasteiger partial charge in [-0.05, 0) is 44.9 Å². The van der Waals surface area contributed by atoms with Gasteiger partial charge < -0.3 is 10.0 Å². The molecule has 2 rings (SSSR count). The zero-order valence-corrected chi connectivity index (χ0v) is 13.7. The Bertz CT molecular complexity index is 463. The van der Waals surface area contributed by atoms with Crippen molar-refractivity contribution >= 4 is 11.6 Å². The van der Waals surface area contributed by atoms with Crippen molar-refractivity contribution in [1.82, 2.24) is 4.90 Å². The molecule has 4 heteroatoms. The number of amides is 1. The standard InChI is InChI=1S/C18H28N2O2/c1-3-20(16-10-5-4-6-11-16)18(22)14-19(2)13-15-9-7-8-12-17(15)21/h4-6,10-11,15,17,21H,3,7-9,12-14H2,1-2H3. The zero-order valence-electron chi connectivity index (χ0n) is 13.7. The molecule has 0 spiro atoms. The monoisotopic (exact) mass is 304 g/mol. The molecule has 1 saturated carbocycles. The van der Waals surface area contributed by atoms with Crippen LogP contribution in [0.2, 0.25) is 0 Å². The van der Waals surface area contributed by atoms with Gasteiger partial charge in [0.2, 0.25) is 5.91 Å². The second-order valence-electron chi connectivity index (χ2n) is 6.28. The number of hydrogen-bond donors (Lipinski definition) is 1. The summed E-state index contributed by atoms with van der Waals surface area (Å²) in [6.45, 7) is 3.85. The van der Waals surface area contributed by atoms with Gasteiger partial charge >= 0.3 is 0 Å². The van der Waals surface area contributed by atoms with Gasteiger partial charge in [0.1, 0.15) is 0 Å². The number of anilines is 1. The Balaban J connectivity index is 1.89. The van der Waals surface area contributed by atoms with E-state index >= 15 is 0 Å². The summed E-state index contributed by atoms with van der Waals surface area (Å²) in [7, 11) is 1.97. The van der Waals surface area contributed by atoms with E-state index in [1.165, 1.54) is 6.42 Å². The van der Waals surface area contributed by atoms with E-state index in [2.05, 4.69) is 0 Å². The predicted molar refractivity (Wildman–Crippen MR) is 89.9 cm³/mol. The molecule has 22 heavy (non-hydrogen) atoms. The average molecular weight is 304 g/mol. The molecule has 1 aliphatic carbocycles. The van der Waals surface area contributed by atoms with Crippen LogP contribution in [0.15, 0.2) is 30.3 Å². The Morgan fingerprint density at radius 1 is 1.23 bits per heavy atom. The first-order valence-electron chi connectivity index (χ1n) is 8.33. The number of carbonyl (C=O) groups is 1. The highest BCUT2D eigenvalue weighted by Crippen LogP contribution is 2.25. The molecule has 122 valence electrons. The van der Waals surface area contributed by atoms with Crippen LogP contribution in [-0.2, 0) is 4.79 Å². The fourth-order valence-electron chi connectivity index (χ4n) is 3.29. The highest BCUT2D eigenvalue weighted by atomic mass is 16.3. The van der Waals surface area contributed by atoms with Gasteiger partial charge in [0.25, 0.3) is 0 Å². The number of likely N-dealkylation sites (N-methyl/N-ethyl adjacent to an activating group) is 2. The molecule has 2 atom stereocenters. The van der Waals surface area contributed by atoms with Gasteiger partial charge in [0.05, 0.1) is 12.6 Å². The predicted octanol–water partition coefficient (Wildman–Crippen LogP) is 2.52. The maximum absolute atomic E-state index is 12.5. The summed E-state index contributed by atoms with van der Waals surface area (Å²) < 4.78 is 0. The molecular formula is C18H28N2O2. The molecule has 0 heterocycles. The van der Waals surface area contributed by atoms with Gasteiger partial charge in [-0.1, -0.05) is 31.0 Å². The van der Waals surface area contributed by atoms with Crippen LogP contribution in [-0.4, -0.2) is 48.7 Å². The lowest BCUT2D eigenvalue weighted by Crippen LogP contribution is -2.42. The van der Waals surface area contributed by atoms with Crippen molar-refractivity contribution < 1.29 is 9.90 Å². The van der Waals surface area contributed by atoms with Crippen molar-refractivity contribution in [3.05, 3.63) is 30.3 Å². The number of hydrogen-bond acceptors (Lipinski definition) is 3. The van der Waals surface area contributed by atoms with Gasteiger partial charge in [-0.2, -0.15) is 0 Å². The molecule has 1 fully saturated rings. The molecule has 4 nitrogen and oxygen atoms in total. The van der Waals surface area contributed by atoms with Crippen LogP contribution in [0.4, 0.5) is 5.69 Å². The van der Waals surface area contributed by atoms with Crippen LogP contribution < -0.4 is 4.90 Å². The van der Waals surface area contributed by atoms with Crippen LogP contribution >= 0.6 is 0 Å². The number of carbonyl (C=O) groups excluding carboxylic acids is 1. The fourth-order valence-corrected chi connectivity index (χ4v) is 3.29. The van der Waals surface area contributed by atoms with Crippen LogP contribution in [0.25, 0.3) is 0 Å². The van der Waals surface area contributed by atoms with E-state index in [-0.39, 0.29) is 12.0 Å². The minimum atomic E-state index is -0.206. The van der Waals surface area contributed by atoms with E-state index in [1.807, 2.05) is 54.1 Å². The molecule has 0 saturated heterocycles. The molecule has 0 aliphatic heterocycles. The molecule has 1 aliphatic rings. The van der Waals surface area contributed by atoms with Crippen LogP contribution in [0, 0.1) is 5.92 Å². The molecule has 1 N–H and O–H groups in total. The van der Waals surface area contributed by atoms with E-state index in [9.17, 15) is 9.90 Å². The Morgan fingerprint density at radius 3 is 2.55 bits per heavy atom. The van der Waals surface area contributed by atoms with Crippen molar-refractivity contribution in [2.24, 2.45) is 5.92 Å². The number of rotatable bonds is 6.